The minimum atomic E-state index is -3.23. The second-order valence-electron chi connectivity index (χ2n) is 5.79. The Morgan fingerprint density at radius 2 is 1.88 bits per heavy atom. The molecule has 0 fully saturated rings. The molecule has 25 heavy (non-hydrogen) atoms. The van der Waals surface area contributed by atoms with E-state index in [4.69, 9.17) is 10.7 Å². The van der Waals surface area contributed by atoms with Crippen LogP contribution < -0.4 is 11.1 Å². The third-order valence-electron chi connectivity index (χ3n) is 3.69. The number of likely N-dealkylation sites (N-methyl/N-ethyl adjacent to an activating group) is 2. The molecule has 1 unspecified atom stereocenters. The highest BCUT2D eigenvalue weighted by Crippen LogP contribution is 2.17. The Balaban J connectivity index is 3.41. The molecule has 0 amide bonds. The average Bonchev–Trinajstić information content (AvgIpc) is 2.56. The van der Waals surface area contributed by atoms with Crippen LogP contribution in [-0.4, -0.2) is 59.3 Å². The zero-order valence-electron chi connectivity index (χ0n) is 15.4. The van der Waals surface area contributed by atoms with Crippen molar-refractivity contribution in [2.24, 2.45) is 15.7 Å². The van der Waals surface area contributed by atoms with Crippen LogP contribution in [0.2, 0.25) is 0 Å². The van der Waals surface area contributed by atoms with E-state index in [0.717, 1.165) is 11.3 Å². The van der Waals surface area contributed by atoms with Crippen LogP contribution in [0.1, 0.15) is 18.9 Å². The van der Waals surface area contributed by atoms with Crippen molar-refractivity contribution >= 4 is 22.3 Å². The lowest BCUT2D eigenvalue weighted by atomic mass is 10.1. The summed E-state index contributed by atoms with van der Waals surface area (Å²) in [5, 5.41) is 3.14. The lowest BCUT2D eigenvalue weighted by Crippen LogP contribution is -2.41. The van der Waals surface area contributed by atoms with Crippen molar-refractivity contribution in [3.05, 3.63) is 41.3 Å². The molecule has 0 aliphatic rings. The second kappa shape index (κ2) is 8.89. The quantitative estimate of drug-likeness (QED) is 0.533. The number of rotatable bonds is 8. The maximum Gasteiger partial charge on any atom is 0.175 e. The molecule has 0 heterocycles. The lowest BCUT2D eigenvalue weighted by Gasteiger charge is -2.25. The first-order valence-corrected chi connectivity index (χ1v) is 9.72. The molecule has 0 aliphatic carbocycles. The lowest BCUT2D eigenvalue weighted by molar-refractivity contribution is 0.293. The Kier molecular flexibility index (Phi) is 7.47. The van der Waals surface area contributed by atoms with Crippen LogP contribution >= 0.6 is 0 Å². The van der Waals surface area contributed by atoms with Gasteiger partial charge in [0, 0.05) is 12.0 Å². The number of hydrogen-bond acceptors (Lipinski definition) is 7. The number of nitrogens with one attached hydrogen (secondary N) is 1. The number of nitrogens with two attached hydrogens (primary N) is 1. The molecule has 0 aromatic heterocycles. The third-order valence-corrected chi connectivity index (χ3v) is 4.82. The van der Waals surface area contributed by atoms with Gasteiger partial charge in [-0.15, -0.1) is 0 Å². The first-order chi connectivity index (χ1) is 11.6. The molecule has 1 atom stereocenters. The SMILES string of the molecule is C=N/C(N)=C(\N=C(/CC)c1ccc(S(C)(=O)=O)cc1)C(NC)N(C)C. The summed E-state index contributed by atoms with van der Waals surface area (Å²) in [4.78, 5) is 10.7. The van der Waals surface area contributed by atoms with E-state index >= 15 is 0 Å². The minimum absolute atomic E-state index is 0.234. The predicted octanol–water partition coefficient (Wildman–Crippen LogP) is 1.22. The van der Waals surface area contributed by atoms with Crippen LogP contribution in [0, 0.1) is 0 Å². The highest BCUT2D eigenvalue weighted by molar-refractivity contribution is 7.90. The Morgan fingerprint density at radius 3 is 2.24 bits per heavy atom. The van der Waals surface area contributed by atoms with Crippen LogP contribution in [0.5, 0.6) is 0 Å². The molecule has 0 aliphatic heterocycles. The van der Waals surface area contributed by atoms with E-state index < -0.39 is 9.84 Å². The first-order valence-electron chi connectivity index (χ1n) is 7.83. The molecular weight excluding hydrogens is 338 g/mol. The van der Waals surface area contributed by atoms with E-state index in [0.29, 0.717) is 12.1 Å². The summed E-state index contributed by atoms with van der Waals surface area (Å²) in [7, 11) is 2.38. The van der Waals surface area contributed by atoms with E-state index in [1.807, 2.05) is 33.0 Å². The largest absolute Gasteiger partial charge is 0.382 e. The highest BCUT2D eigenvalue weighted by Gasteiger charge is 2.19. The fourth-order valence-corrected chi connectivity index (χ4v) is 3.00. The summed E-state index contributed by atoms with van der Waals surface area (Å²) in [6, 6.07) is 6.65. The Labute approximate surface area is 150 Å². The van der Waals surface area contributed by atoms with Gasteiger partial charge in [0.15, 0.2) is 9.84 Å². The smallest absolute Gasteiger partial charge is 0.175 e. The molecule has 138 valence electrons. The third kappa shape index (κ3) is 5.48. The molecule has 8 heteroatoms. The van der Waals surface area contributed by atoms with Gasteiger partial charge in [0.1, 0.15) is 17.7 Å². The number of aliphatic imine (C=N–C) groups is 2. The molecular formula is C17H27N5O2S. The fourth-order valence-electron chi connectivity index (χ4n) is 2.37. The molecule has 1 aromatic rings. The van der Waals surface area contributed by atoms with E-state index in [-0.39, 0.29) is 16.9 Å². The van der Waals surface area contributed by atoms with Gasteiger partial charge >= 0.3 is 0 Å². The average molecular weight is 366 g/mol. The second-order valence-corrected chi connectivity index (χ2v) is 7.81. The summed E-state index contributed by atoms with van der Waals surface area (Å²) in [5.41, 5.74) is 8.17. The van der Waals surface area contributed by atoms with E-state index in [2.05, 4.69) is 17.0 Å². The van der Waals surface area contributed by atoms with Crippen molar-refractivity contribution in [3.8, 4) is 0 Å². The summed E-state index contributed by atoms with van der Waals surface area (Å²) >= 11 is 0. The van der Waals surface area contributed by atoms with Gasteiger partial charge in [-0.1, -0.05) is 19.1 Å². The van der Waals surface area contributed by atoms with Gasteiger partial charge < -0.3 is 5.73 Å². The van der Waals surface area contributed by atoms with Crippen LogP contribution in [0.3, 0.4) is 0 Å². The van der Waals surface area contributed by atoms with Crippen LogP contribution in [-0.2, 0) is 9.84 Å². The van der Waals surface area contributed by atoms with Crippen molar-refractivity contribution in [2.45, 2.75) is 24.4 Å². The van der Waals surface area contributed by atoms with E-state index in [1.165, 1.54) is 6.26 Å². The zero-order valence-corrected chi connectivity index (χ0v) is 16.3. The summed E-state index contributed by atoms with van der Waals surface area (Å²) < 4.78 is 23.2. The van der Waals surface area contributed by atoms with Crippen molar-refractivity contribution in [3.63, 3.8) is 0 Å². The van der Waals surface area contributed by atoms with E-state index in [9.17, 15) is 8.42 Å². The molecule has 0 saturated heterocycles. The van der Waals surface area contributed by atoms with Crippen molar-refractivity contribution in [1.82, 2.24) is 10.2 Å². The molecule has 7 nitrogen and oxygen atoms in total. The van der Waals surface area contributed by atoms with Gasteiger partial charge in [0.2, 0.25) is 0 Å². The number of hydrogen-bond donors (Lipinski definition) is 2. The van der Waals surface area contributed by atoms with Crippen molar-refractivity contribution in [1.29, 1.82) is 0 Å². The topological polar surface area (TPSA) is 100 Å². The van der Waals surface area contributed by atoms with Gasteiger partial charge in [-0.2, -0.15) is 0 Å². The van der Waals surface area contributed by atoms with Crippen molar-refractivity contribution in [2.75, 3.05) is 27.4 Å². The highest BCUT2D eigenvalue weighted by atomic mass is 32.2. The molecule has 0 bridgehead atoms. The minimum Gasteiger partial charge on any atom is -0.382 e. The normalized spacial score (nSPS) is 15.0. The fraction of sp³-hybridized carbons (Fsp3) is 0.412. The van der Waals surface area contributed by atoms with Crippen molar-refractivity contribution < 1.29 is 8.42 Å². The summed E-state index contributed by atoms with van der Waals surface area (Å²) in [6.07, 6.45) is 1.60. The standard InChI is InChI=1S/C17H27N5O2S/c1-7-14(12-8-10-13(11-9-12)25(6,23)24)21-15(16(18)19-2)17(20-3)22(4)5/h8-11,17,20H,2,7,18H2,1,3-6H3/b16-15-,21-14+. The number of sulfone groups is 1. The van der Waals surface area contributed by atoms with Gasteiger partial charge in [0.05, 0.1) is 4.90 Å². The Bertz CT molecular complexity index is 765. The molecule has 3 N–H and O–H groups in total. The maximum absolute atomic E-state index is 11.6. The van der Waals surface area contributed by atoms with Crippen LogP contribution in [0.25, 0.3) is 0 Å². The number of benzene rings is 1. The monoisotopic (exact) mass is 365 g/mol. The van der Waals surface area contributed by atoms with Gasteiger partial charge in [-0.25, -0.2) is 13.4 Å². The van der Waals surface area contributed by atoms with Gasteiger partial charge in [-0.05, 0) is 52.0 Å². The van der Waals surface area contributed by atoms with Gasteiger partial charge in [-0.3, -0.25) is 15.2 Å². The predicted molar refractivity (Wildman–Crippen MR) is 104 cm³/mol. The van der Waals surface area contributed by atoms with Crippen LogP contribution in [0.15, 0.2) is 50.7 Å². The summed E-state index contributed by atoms with van der Waals surface area (Å²) in [5.74, 6) is 0.242. The first kappa shape index (κ1) is 21.0. The van der Waals surface area contributed by atoms with Gasteiger partial charge in [0.25, 0.3) is 0 Å². The number of nitrogens with zero attached hydrogens (tertiary/aromatic N) is 3. The molecule has 0 saturated carbocycles. The maximum atomic E-state index is 11.6. The zero-order chi connectivity index (χ0) is 19.2. The Morgan fingerprint density at radius 1 is 1.32 bits per heavy atom. The Hall–Kier alpha value is -2.03. The molecule has 1 rings (SSSR count). The molecule has 0 radical (unpaired) electrons. The molecule has 0 spiro atoms. The molecule has 1 aromatic carbocycles. The van der Waals surface area contributed by atoms with Crippen LogP contribution in [0.4, 0.5) is 0 Å². The van der Waals surface area contributed by atoms with E-state index in [1.54, 1.807) is 24.3 Å². The summed E-state index contributed by atoms with van der Waals surface area (Å²) in [6.45, 7) is 5.46.